The summed E-state index contributed by atoms with van der Waals surface area (Å²) in [4.78, 5) is 22.7. The fourth-order valence-corrected chi connectivity index (χ4v) is 1.64. The number of para-hydroxylation sites is 1. The maximum atomic E-state index is 11.7. The molecule has 98 valence electrons. The highest BCUT2D eigenvalue weighted by Crippen LogP contribution is 2.15. The van der Waals surface area contributed by atoms with Crippen LogP contribution in [0.15, 0.2) is 42.7 Å². The van der Waals surface area contributed by atoms with Gasteiger partial charge in [0, 0.05) is 25.4 Å². The van der Waals surface area contributed by atoms with Gasteiger partial charge in [-0.15, -0.1) is 0 Å². The molecule has 0 saturated heterocycles. The summed E-state index contributed by atoms with van der Waals surface area (Å²) in [7, 11) is 0. The smallest absolute Gasteiger partial charge is 0.337 e. The third-order valence-electron chi connectivity index (χ3n) is 2.56. The van der Waals surface area contributed by atoms with Gasteiger partial charge in [0.15, 0.2) is 0 Å². The lowest BCUT2D eigenvalue weighted by Gasteiger charge is -2.08. The second-order valence-corrected chi connectivity index (χ2v) is 3.92. The molecule has 1 amide bonds. The van der Waals surface area contributed by atoms with Crippen molar-refractivity contribution < 1.29 is 14.7 Å². The third-order valence-corrected chi connectivity index (χ3v) is 2.56. The largest absolute Gasteiger partial charge is 0.478 e. The molecule has 0 aliphatic carbocycles. The molecule has 1 aromatic heterocycles. The Hall–Kier alpha value is -2.63. The molecule has 2 rings (SSSR count). The number of carboxylic acid groups (broad SMARTS) is 1. The number of aromatic carboxylic acids is 1. The molecule has 2 aromatic rings. The summed E-state index contributed by atoms with van der Waals surface area (Å²) in [5.41, 5.74) is 0.385. The Morgan fingerprint density at radius 1 is 1.26 bits per heavy atom. The summed E-state index contributed by atoms with van der Waals surface area (Å²) in [6, 6.07) is 8.08. The van der Waals surface area contributed by atoms with Crippen LogP contribution in [0.2, 0.25) is 0 Å². The van der Waals surface area contributed by atoms with Gasteiger partial charge in [-0.05, 0) is 18.2 Å². The van der Waals surface area contributed by atoms with Crippen molar-refractivity contribution >= 4 is 17.6 Å². The molecule has 2 N–H and O–H groups in total. The van der Waals surface area contributed by atoms with Gasteiger partial charge in [-0.25, -0.2) is 4.79 Å². The first-order valence-electron chi connectivity index (χ1n) is 5.76. The number of carbonyl (C=O) groups excluding carboxylic acids is 1. The van der Waals surface area contributed by atoms with Crippen LogP contribution < -0.4 is 5.32 Å². The topological polar surface area (TPSA) is 84.2 Å². The minimum atomic E-state index is -1.07. The van der Waals surface area contributed by atoms with E-state index >= 15 is 0 Å². The van der Waals surface area contributed by atoms with Crippen molar-refractivity contribution in [3.63, 3.8) is 0 Å². The van der Waals surface area contributed by atoms with Crippen molar-refractivity contribution in [1.29, 1.82) is 0 Å². The highest BCUT2D eigenvalue weighted by atomic mass is 16.4. The molecule has 0 aliphatic rings. The molecule has 0 aliphatic heterocycles. The number of nitrogens with one attached hydrogen (secondary N) is 1. The minimum Gasteiger partial charge on any atom is -0.478 e. The maximum Gasteiger partial charge on any atom is 0.337 e. The first-order chi connectivity index (χ1) is 9.16. The fourth-order valence-electron chi connectivity index (χ4n) is 1.64. The van der Waals surface area contributed by atoms with Gasteiger partial charge < -0.3 is 10.4 Å². The van der Waals surface area contributed by atoms with Crippen LogP contribution in [0.5, 0.6) is 0 Å². The molecule has 0 radical (unpaired) electrons. The predicted octanol–water partition coefficient (Wildman–Crippen LogP) is 1.61. The summed E-state index contributed by atoms with van der Waals surface area (Å²) in [5, 5.41) is 15.6. The first kappa shape index (κ1) is 12.8. The van der Waals surface area contributed by atoms with Gasteiger partial charge in [0.1, 0.15) is 0 Å². The number of nitrogens with zero attached hydrogens (tertiary/aromatic N) is 2. The number of hydrogen-bond donors (Lipinski definition) is 2. The second-order valence-electron chi connectivity index (χ2n) is 3.92. The molecule has 6 nitrogen and oxygen atoms in total. The van der Waals surface area contributed by atoms with Crippen molar-refractivity contribution in [1.82, 2.24) is 9.78 Å². The Labute approximate surface area is 109 Å². The molecule has 1 heterocycles. The Morgan fingerprint density at radius 2 is 2.05 bits per heavy atom. The summed E-state index contributed by atoms with van der Waals surface area (Å²) < 4.78 is 1.64. The van der Waals surface area contributed by atoms with Gasteiger partial charge >= 0.3 is 5.97 Å². The van der Waals surface area contributed by atoms with Gasteiger partial charge in [-0.2, -0.15) is 5.10 Å². The van der Waals surface area contributed by atoms with E-state index in [1.807, 2.05) is 0 Å². The third kappa shape index (κ3) is 3.41. The molecule has 0 spiro atoms. The highest BCUT2D eigenvalue weighted by molar-refractivity contribution is 6.00. The molecular formula is C13H13N3O3. The quantitative estimate of drug-likeness (QED) is 0.854. The van der Waals surface area contributed by atoms with Crippen LogP contribution in [0.3, 0.4) is 0 Å². The molecule has 0 fully saturated rings. The summed E-state index contributed by atoms with van der Waals surface area (Å²) >= 11 is 0. The number of amides is 1. The van der Waals surface area contributed by atoms with E-state index in [0.29, 0.717) is 12.2 Å². The van der Waals surface area contributed by atoms with Crippen molar-refractivity contribution in [3.05, 3.63) is 48.3 Å². The molecule has 0 bridgehead atoms. The molecule has 19 heavy (non-hydrogen) atoms. The molecule has 0 saturated carbocycles. The SMILES string of the molecule is O=C(CCn1cccn1)Nc1ccccc1C(=O)O. The van der Waals surface area contributed by atoms with Gasteiger partial charge in [-0.3, -0.25) is 9.48 Å². The van der Waals surface area contributed by atoms with Gasteiger partial charge in [0.2, 0.25) is 5.91 Å². The van der Waals surface area contributed by atoms with E-state index in [0.717, 1.165) is 0 Å². The number of benzene rings is 1. The van der Waals surface area contributed by atoms with E-state index in [1.54, 1.807) is 41.3 Å². The molecule has 0 atom stereocenters. The zero-order valence-electron chi connectivity index (χ0n) is 10.1. The van der Waals surface area contributed by atoms with E-state index in [4.69, 9.17) is 5.11 Å². The Bertz CT molecular complexity index is 579. The monoisotopic (exact) mass is 259 g/mol. The van der Waals surface area contributed by atoms with Crippen LogP contribution in [0.25, 0.3) is 0 Å². The number of anilines is 1. The summed E-state index contributed by atoms with van der Waals surface area (Å²) in [6.45, 7) is 0.452. The minimum absolute atomic E-state index is 0.0786. The number of aromatic nitrogens is 2. The van der Waals surface area contributed by atoms with Crippen LogP contribution in [0.1, 0.15) is 16.8 Å². The van der Waals surface area contributed by atoms with Crippen molar-refractivity contribution in [3.8, 4) is 0 Å². The summed E-state index contributed by atoms with van der Waals surface area (Å²) in [6.07, 6.45) is 3.63. The van der Waals surface area contributed by atoms with Crippen LogP contribution in [0.4, 0.5) is 5.69 Å². The molecule has 6 heteroatoms. The Kier molecular flexibility index (Phi) is 3.92. The maximum absolute atomic E-state index is 11.7. The standard InChI is InChI=1S/C13H13N3O3/c17-12(6-9-16-8-3-7-14-16)15-11-5-2-1-4-10(11)13(18)19/h1-5,7-8H,6,9H2,(H,15,17)(H,18,19). The number of carbonyl (C=O) groups is 2. The normalized spacial score (nSPS) is 10.1. The molecule has 1 aromatic carbocycles. The second kappa shape index (κ2) is 5.81. The van der Waals surface area contributed by atoms with E-state index in [9.17, 15) is 9.59 Å². The van der Waals surface area contributed by atoms with Crippen molar-refractivity contribution in [2.75, 3.05) is 5.32 Å². The molecule has 0 unspecified atom stereocenters. The highest BCUT2D eigenvalue weighted by Gasteiger charge is 2.11. The van der Waals surface area contributed by atoms with Crippen molar-refractivity contribution in [2.45, 2.75) is 13.0 Å². The molecular weight excluding hydrogens is 246 g/mol. The van der Waals surface area contributed by atoms with E-state index in [2.05, 4.69) is 10.4 Å². The van der Waals surface area contributed by atoms with Gasteiger partial charge in [0.05, 0.1) is 11.3 Å². The lowest BCUT2D eigenvalue weighted by Crippen LogP contribution is -2.16. The zero-order chi connectivity index (χ0) is 13.7. The average molecular weight is 259 g/mol. The number of aryl methyl sites for hydroxylation is 1. The van der Waals surface area contributed by atoms with Crippen LogP contribution in [-0.2, 0) is 11.3 Å². The zero-order valence-corrected chi connectivity index (χ0v) is 10.1. The Morgan fingerprint density at radius 3 is 2.74 bits per heavy atom. The van der Waals surface area contributed by atoms with Gasteiger partial charge in [-0.1, -0.05) is 12.1 Å². The first-order valence-corrected chi connectivity index (χ1v) is 5.76. The van der Waals surface area contributed by atoms with Crippen LogP contribution in [-0.4, -0.2) is 26.8 Å². The fraction of sp³-hybridized carbons (Fsp3) is 0.154. The predicted molar refractivity (Wildman–Crippen MR) is 68.9 cm³/mol. The van der Waals surface area contributed by atoms with Crippen LogP contribution >= 0.6 is 0 Å². The van der Waals surface area contributed by atoms with Gasteiger partial charge in [0.25, 0.3) is 0 Å². The van der Waals surface area contributed by atoms with E-state index < -0.39 is 5.97 Å². The Balaban J connectivity index is 1.97. The lowest BCUT2D eigenvalue weighted by atomic mass is 10.2. The van der Waals surface area contributed by atoms with Crippen LogP contribution in [0, 0.1) is 0 Å². The van der Waals surface area contributed by atoms with E-state index in [1.165, 1.54) is 6.07 Å². The number of rotatable bonds is 5. The lowest BCUT2D eigenvalue weighted by molar-refractivity contribution is -0.116. The number of hydrogen-bond acceptors (Lipinski definition) is 3. The number of carboxylic acids is 1. The summed E-state index contributed by atoms with van der Waals surface area (Å²) in [5.74, 6) is -1.31. The van der Waals surface area contributed by atoms with E-state index in [-0.39, 0.29) is 17.9 Å². The van der Waals surface area contributed by atoms with Crippen molar-refractivity contribution in [2.24, 2.45) is 0 Å². The average Bonchev–Trinajstić information content (AvgIpc) is 2.90.